The molecule has 0 aromatic carbocycles. The Morgan fingerprint density at radius 2 is 1.58 bits per heavy atom. The first-order chi connectivity index (χ1) is 20.4. The third-order valence-corrected chi connectivity index (χ3v) is 14.2. The zero-order chi connectivity index (χ0) is 30.6. The molecule has 0 unspecified atom stereocenters. The average molecular weight is 611 g/mol. The molecule has 1 spiro atoms. The molecule has 7 aliphatic rings. The van der Waals surface area contributed by atoms with Crippen LogP contribution in [-0.2, 0) is 18.9 Å². The lowest BCUT2D eigenvalue weighted by Crippen LogP contribution is -2.65. The first kappa shape index (κ1) is 31.2. The molecule has 0 amide bonds. The number of aliphatic hydroxyl groups excluding tert-OH is 6. The molecule has 0 aromatic heterocycles. The zero-order valence-electron chi connectivity index (χ0n) is 26.1. The van der Waals surface area contributed by atoms with Crippen LogP contribution in [0.15, 0.2) is 0 Å². The predicted octanol–water partition coefficient (Wildman–Crippen LogP) is 1.56. The van der Waals surface area contributed by atoms with Gasteiger partial charge in [-0.3, -0.25) is 0 Å². The smallest absolute Gasteiger partial charge is 0.200 e. The van der Waals surface area contributed by atoms with Crippen molar-refractivity contribution in [1.82, 2.24) is 0 Å². The van der Waals surface area contributed by atoms with Gasteiger partial charge in [-0.1, -0.05) is 27.7 Å². The summed E-state index contributed by atoms with van der Waals surface area (Å²) in [6.07, 6.45) is -0.426. The molecule has 3 aliphatic heterocycles. The van der Waals surface area contributed by atoms with Gasteiger partial charge in [0, 0.05) is 11.8 Å². The van der Waals surface area contributed by atoms with Gasteiger partial charge in [0.2, 0.25) is 0 Å². The standard InChI is InChI=1S/C33H54O10/c1-15-14-40-33(29(39)28(15)42-30-27(38)26(37)25(36)23(13-34)41-30)16(2)24-22(43-33)12-21-19-6-5-17-11-18(35)7-9-31(17,3)20(19)8-10-32(21,24)4/h15-30,34-39H,5-14H2,1-4H3/t15-,16-,17-,18-,19+,20-,21-,22-,23+,24-,25+,26-,27+,28+,29-,30-,31-,32-,33-/m0/s1. The minimum atomic E-state index is -1.55. The van der Waals surface area contributed by atoms with Gasteiger partial charge >= 0.3 is 0 Å². The largest absolute Gasteiger partial charge is 0.394 e. The van der Waals surface area contributed by atoms with Gasteiger partial charge in [0.15, 0.2) is 12.1 Å². The highest BCUT2D eigenvalue weighted by molar-refractivity contribution is 5.17. The summed E-state index contributed by atoms with van der Waals surface area (Å²) in [5.41, 5.74) is 0.383. The van der Waals surface area contributed by atoms with Crippen LogP contribution in [-0.4, -0.2) is 105 Å². The SMILES string of the molecule is C[C@H]1CO[C@@]2(O[C@H]3C[C@H]4[C@@H]5CC[C@H]6C[C@@H](O)CC[C@]6(C)[C@H]5CC[C@]4(C)[C@H]3[C@@H]2C)[C@@H](O)[C@@H]1O[C@@H]1O[C@H](CO)[C@@H](O)[C@H](O)[C@H]1O. The molecule has 4 aliphatic carbocycles. The molecule has 43 heavy (non-hydrogen) atoms. The summed E-state index contributed by atoms with van der Waals surface area (Å²) in [6.45, 7) is 8.75. The van der Waals surface area contributed by atoms with E-state index in [9.17, 15) is 30.6 Å². The molecule has 0 aromatic rings. The average Bonchev–Trinajstić information content (AvgIpc) is 3.44. The predicted molar refractivity (Wildman–Crippen MR) is 153 cm³/mol. The van der Waals surface area contributed by atoms with Crippen LogP contribution < -0.4 is 0 Å². The molecule has 0 radical (unpaired) electrons. The third-order valence-electron chi connectivity index (χ3n) is 14.2. The quantitative estimate of drug-likeness (QED) is 0.277. The van der Waals surface area contributed by atoms with Gasteiger partial charge in [-0.05, 0) is 91.8 Å². The molecule has 7 fully saturated rings. The van der Waals surface area contributed by atoms with Crippen molar-refractivity contribution in [2.75, 3.05) is 13.2 Å². The Morgan fingerprint density at radius 3 is 2.33 bits per heavy atom. The van der Waals surface area contributed by atoms with Crippen LogP contribution in [0.25, 0.3) is 0 Å². The van der Waals surface area contributed by atoms with Crippen LogP contribution in [0.1, 0.15) is 79.1 Å². The lowest BCUT2D eigenvalue weighted by Gasteiger charge is -2.61. The van der Waals surface area contributed by atoms with Crippen molar-refractivity contribution in [3.8, 4) is 0 Å². The van der Waals surface area contributed by atoms with Crippen molar-refractivity contribution < 1.29 is 49.6 Å². The first-order valence-corrected chi connectivity index (χ1v) is 17.0. The maximum absolute atomic E-state index is 11.9. The van der Waals surface area contributed by atoms with E-state index in [4.69, 9.17) is 18.9 Å². The van der Waals surface area contributed by atoms with E-state index in [0.29, 0.717) is 35.7 Å². The third kappa shape index (κ3) is 4.41. The maximum Gasteiger partial charge on any atom is 0.200 e. The lowest BCUT2D eigenvalue weighted by molar-refractivity contribution is -0.374. The van der Waals surface area contributed by atoms with Crippen molar-refractivity contribution in [3.05, 3.63) is 0 Å². The van der Waals surface area contributed by atoms with Gasteiger partial charge in [0.1, 0.15) is 30.5 Å². The van der Waals surface area contributed by atoms with Crippen LogP contribution in [0.2, 0.25) is 0 Å². The Kier molecular flexibility index (Phi) is 7.86. The Hall–Kier alpha value is -0.400. The zero-order valence-corrected chi connectivity index (χ0v) is 26.1. The molecule has 0 bridgehead atoms. The van der Waals surface area contributed by atoms with E-state index in [2.05, 4.69) is 20.8 Å². The van der Waals surface area contributed by atoms with Crippen LogP contribution in [0.5, 0.6) is 0 Å². The number of aliphatic hydroxyl groups is 6. The number of ether oxygens (including phenoxy) is 4. The fourth-order valence-corrected chi connectivity index (χ4v) is 11.9. The molecule has 10 heteroatoms. The summed E-state index contributed by atoms with van der Waals surface area (Å²) in [5, 5.41) is 63.1. The topological polar surface area (TPSA) is 158 Å². The summed E-state index contributed by atoms with van der Waals surface area (Å²) in [6, 6.07) is 0. The Balaban J connectivity index is 1.10. The second-order valence-electron chi connectivity index (χ2n) is 16.1. The molecule has 6 N–H and O–H groups in total. The Bertz CT molecular complexity index is 1040. The Labute approximate surface area is 255 Å². The first-order valence-electron chi connectivity index (χ1n) is 17.0. The molecular formula is C33H54O10. The number of fused-ring (bicyclic) bond motifs is 7. The molecule has 3 heterocycles. The van der Waals surface area contributed by atoms with Crippen molar-refractivity contribution >= 4 is 0 Å². The Morgan fingerprint density at radius 1 is 0.837 bits per heavy atom. The minimum absolute atomic E-state index is 0.0292. The highest BCUT2D eigenvalue weighted by atomic mass is 16.7. The van der Waals surface area contributed by atoms with E-state index in [0.717, 1.165) is 32.1 Å². The molecule has 3 saturated heterocycles. The van der Waals surface area contributed by atoms with E-state index >= 15 is 0 Å². The van der Waals surface area contributed by atoms with Crippen LogP contribution in [0, 0.1) is 52.3 Å². The lowest BCUT2D eigenvalue weighted by atomic mass is 9.44. The van der Waals surface area contributed by atoms with Gasteiger partial charge in [-0.25, -0.2) is 0 Å². The molecule has 4 saturated carbocycles. The molecule has 19 atom stereocenters. The molecule has 246 valence electrons. The van der Waals surface area contributed by atoms with E-state index in [1.807, 2.05) is 6.92 Å². The highest BCUT2D eigenvalue weighted by Gasteiger charge is 2.72. The summed E-state index contributed by atoms with van der Waals surface area (Å²) in [7, 11) is 0. The molecule has 10 nitrogen and oxygen atoms in total. The van der Waals surface area contributed by atoms with Crippen molar-refractivity contribution in [1.29, 1.82) is 0 Å². The van der Waals surface area contributed by atoms with Gasteiger partial charge in [-0.2, -0.15) is 0 Å². The summed E-state index contributed by atoms with van der Waals surface area (Å²) >= 11 is 0. The van der Waals surface area contributed by atoms with Gasteiger partial charge in [0.05, 0.1) is 31.5 Å². The van der Waals surface area contributed by atoms with Crippen LogP contribution in [0.3, 0.4) is 0 Å². The second kappa shape index (κ2) is 10.8. The van der Waals surface area contributed by atoms with Crippen molar-refractivity contribution in [2.45, 2.75) is 140 Å². The normalized spacial score (nSPS) is 61.5. The fourth-order valence-electron chi connectivity index (χ4n) is 11.9. The van der Waals surface area contributed by atoms with E-state index in [1.165, 1.54) is 19.3 Å². The minimum Gasteiger partial charge on any atom is -0.394 e. The fraction of sp³-hybridized carbons (Fsp3) is 1.00. The maximum atomic E-state index is 11.9. The van der Waals surface area contributed by atoms with Crippen molar-refractivity contribution in [3.63, 3.8) is 0 Å². The summed E-state index contributed by atoms with van der Waals surface area (Å²) in [5.74, 6) is 1.15. The monoisotopic (exact) mass is 610 g/mol. The van der Waals surface area contributed by atoms with Crippen LogP contribution in [0.4, 0.5) is 0 Å². The number of hydrogen-bond acceptors (Lipinski definition) is 10. The highest BCUT2D eigenvalue weighted by Crippen LogP contribution is 2.71. The number of rotatable bonds is 3. The number of hydrogen-bond donors (Lipinski definition) is 6. The van der Waals surface area contributed by atoms with Crippen molar-refractivity contribution in [2.24, 2.45) is 52.3 Å². The van der Waals surface area contributed by atoms with E-state index in [-0.39, 0.29) is 35.4 Å². The van der Waals surface area contributed by atoms with Gasteiger partial charge < -0.3 is 49.6 Å². The van der Waals surface area contributed by atoms with Crippen LogP contribution >= 0.6 is 0 Å². The van der Waals surface area contributed by atoms with E-state index in [1.54, 1.807) is 0 Å². The second-order valence-corrected chi connectivity index (χ2v) is 16.1. The summed E-state index contributed by atoms with van der Waals surface area (Å²) < 4.78 is 25.1. The molecular weight excluding hydrogens is 556 g/mol. The molecule has 7 rings (SSSR count). The van der Waals surface area contributed by atoms with Gasteiger partial charge in [0.25, 0.3) is 0 Å². The summed E-state index contributed by atoms with van der Waals surface area (Å²) in [4.78, 5) is 0. The van der Waals surface area contributed by atoms with E-state index < -0.39 is 55.3 Å². The van der Waals surface area contributed by atoms with Gasteiger partial charge in [-0.15, -0.1) is 0 Å².